The van der Waals surface area contributed by atoms with Crippen LogP contribution >= 0.6 is 0 Å². The molecule has 100 valence electrons. The van der Waals surface area contributed by atoms with Gasteiger partial charge in [-0.2, -0.15) is 0 Å². The molecule has 0 bridgehead atoms. The Morgan fingerprint density at radius 1 is 1.22 bits per heavy atom. The Labute approximate surface area is 108 Å². The fourth-order valence-corrected chi connectivity index (χ4v) is 2.26. The molecule has 0 aromatic heterocycles. The van der Waals surface area contributed by atoms with Gasteiger partial charge in [0.2, 0.25) is 0 Å². The van der Waals surface area contributed by atoms with Crippen molar-refractivity contribution in [3.05, 3.63) is 23.8 Å². The lowest BCUT2D eigenvalue weighted by molar-refractivity contribution is -0.0382. The van der Waals surface area contributed by atoms with Crippen LogP contribution in [0.2, 0.25) is 0 Å². The summed E-state index contributed by atoms with van der Waals surface area (Å²) in [6.07, 6.45) is 1.06. The number of hydrogen-bond acceptors (Lipinski definition) is 4. The van der Waals surface area contributed by atoms with Crippen molar-refractivity contribution >= 4 is 0 Å². The summed E-state index contributed by atoms with van der Waals surface area (Å²) in [5, 5.41) is 0. The number of nitrogens with two attached hydrogens (primary N) is 1. The zero-order valence-electron chi connectivity index (χ0n) is 11.0. The van der Waals surface area contributed by atoms with E-state index >= 15 is 0 Å². The van der Waals surface area contributed by atoms with Gasteiger partial charge < -0.3 is 19.9 Å². The Bertz CT molecular complexity index is 368. The molecule has 0 radical (unpaired) electrons. The third-order valence-electron chi connectivity index (χ3n) is 3.45. The Morgan fingerprint density at radius 3 is 2.22 bits per heavy atom. The third-order valence-corrected chi connectivity index (χ3v) is 3.45. The zero-order valence-corrected chi connectivity index (χ0v) is 11.0. The smallest absolute Gasteiger partial charge is 0.122 e. The lowest BCUT2D eigenvalue weighted by atomic mass is 9.87. The summed E-state index contributed by atoms with van der Waals surface area (Å²) in [7, 11) is 3.32. The van der Waals surface area contributed by atoms with Crippen LogP contribution in [0.25, 0.3) is 0 Å². The highest BCUT2D eigenvalue weighted by Gasteiger charge is 2.23. The summed E-state index contributed by atoms with van der Waals surface area (Å²) in [6.45, 7) is 2.35. The Balaban J connectivity index is 2.16. The van der Waals surface area contributed by atoms with Crippen LogP contribution in [0, 0.1) is 5.92 Å². The monoisotopic (exact) mass is 251 g/mol. The first-order valence-electron chi connectivity index (χ1n) is 6.27. The lowest BCUT2D eigenvalue weighted by Crippen LogP contribution is -2.30. The molecule has 0 amide bonds. The molecule has 1 aromatic carbocycles. The van der Waals surface area contributed by atoms with Crippen LogP contribution in [0.5, 0.6) is 11.5 Å². The first-order valence-corrected chi connectivity index (χ1v) is 6.27. The second-order valence-electron chi connectivity index (χ2n) is 4.72. The normalized spacial score (nSPS) is 17.1. The largest absolute Gasteiger partial charge is 0.497 e. The summed E-state index contributed by atoms with van der Waals surface area (Å²) in [5.41, 5.74) is 7.07. The van der Waals surface area contributed by atoms with E-state index in [4.69, 9.17) is 19.9 Å². The van der Waals surface area contributed by atoms with Crippen molar-refractivity contribution < 1.29 is 14.2 Å². The van der Waals surface area contributed by atoms with E-state index < -0.39 is 0 Å². The van der Waals surface area contributed by atoms with Crippen LogP contribution in [0.3, 0.4) is 0 Å². The van der Waals surface area contributed by atoms with Crippen molar-refractivity contribution in [2.24, 2.45) is 11.7 Å². The minimum atomic E-state index is 0.336. The number of ether oxygens (including phenoxy) is 3. The Morgan fingerprint density at radius 2 is 1.83 bits per heavy atom. The minimum Gasteiger partial charge on any atom is -0.497 e. The highest BCUT2D eigenvalue weighted by Crippen LogP contribution is 2.32. The maximum atomic E-state index is 5.89. The van der Waals surface area contributed by atoms with E-state index in [0.717, 1.165) is 31.1 Å². The van der Waals surface area contributed by atoms with Crippen LogP contribution in [0.15, 0.2) is 18.2 Å². The highest BCUT2D eigenvalue weighted by atomic mass is 16.5. The first-order chi connectivity index (χ1) is 8.76. The average molecular weight is 251 g/mol. The van der Waals surface area contributed by atoms with Gasteiger partial charge in [0.1, 0.15) is 11.5 Å². The van der Waals surface area contributed by atoms with Gasteiger partial charge >= 0.3 is 0 Å². The summed E-state index contributed by atoms with van der Waals surface area (Å²) in [6, 6.07) is 5.96. The van der Waals surface area contributed by atoms with E-state index in [1.807, 2.05) is 18.2 Å². The van der Waals surface area contributed by atoms with Gasteiger partial charge in [0.15, 0.2) is 0 Å². The molecular formula is C14H21NO3. The van der Waals surface area contributed by atoms with Crippen molar-refractivity contribution in [1.29, 1.82) is 0 Å². The molecule has 1 fully saturated rings. The molecule has 1 heterocycles. The van der Waals surface area contributed by atoms with Crippen LogP contribution in [-0.2, 0) is 4.74 Å². The maximum Gasteiger partial charge on any atom is 0.122 e. The maximum absolute atomic E-state index is 5.89. The lowest BCUT2D eigenvalue weighted by Gasteiger charge is -2.29. The van der Waals surface area contributed by atoms with Crippen LogP contribution < -0.4 is 15.2 Å². The number of methoxy groups -OCH3 is 2. The van der Waals surface area contributed by atoms with E-state index in [-0.39, 0.29) is 0 Å². The van der Waals surface area contributed by atoms with E-state index in [0.29, 0.717) is 18.4 Å². The first kappa shape index (κ1) is 13.2. The van der Waals surface area contributed by atoms with Gasteiger partial charge in [-0.05, 0) is 36.6 Å². The molecule has 2 rings (SSSR count). The molecule has 1 atom stereocenters. The molecule has 1 saturated heterocycles. The fourth-order valence-electron chi connectivity index (χ4n) is 2.26. The van der Waals surface area contributed by atoms with Crippen molar-refractivity contribution in [3.8, 4) is 11.5 Å². The molecule has 1 aliphatic rings. The van der Waals surface area contributed by atoms with Crippen molar-refractivity contribution in [2.45, 2.75) is 12.3 Å². The second-order valence-corrected chi connectivity index (χ2v) is 4.72. The van der Waals surface area contributed by atoms with Gasteiger partial charge in [-0.25, -0.2) is 0 Å². The summed E-state index contributed by atoms with van der Waals surface area (Å²) >= 11 is 0. The van der Waals surface area contributed by atoms with Gasteiger partial charge in [-0.1, -0.05) is 0 Å². The number of hydrogen-bond donors (Lipinski definition) is 1. The highest BCUT2D eigenvalue weighted by molar-refractivity contribution is 5.40. The quantitative estimate of drug-likeness (QED) is 0.837. The molecule has 1 unspecified atom stereocenters. The molecule has 2 N–H and O–H groups in total. The fraction of sp³-hybridized carbons (Fsp3) is 0.571. The van der Waals surface area contributed by atoms with Crippen LogP contribution in [0.1, 0.15) is 17.9 Å². The predicted molar refractivity (Wildman–Crippen MR) is 70.3 cm³/mol. The number of rotatable bonds is 6. The predicted octanol–water partition coefficient (Wildman–Crippen LogP) is 1.78. The molecule has 0 saturated carbocycles. The molecule has 4 heteroatoms. The van der Waals surface area contributed by atoms with Gasteiger partial charge in [-0.3, -0.25) is 0 Å². The van der Waals surface area contributed by atoms with E-state index in [9.17, 15) is 0 Å². The third kappa shape index (κ3) is 2.94. The van der Waals surface area contributed by atoms with E-state index in [1.54, 1.807) is 14.2 Å². The molecule has 4 nitrogen and oxygen atoms in total. The Kier molecular flexibility index (Phi) is 4.44. The summed E-state index contributed by atoms with van der Waals surface area (Å²) < 4.78 is 15.8. The zero-order chi connectivity index (χ0) is 13.0. The van der Waals surface area contributed by atoms with Gasteiger partial charge in [0, 0.05) is 12.0 Å². The molecule has 1 aliphatic heterocycles. The summed E-state index contributed by atoms with van der Waals surface area (Å²) in [4.78, 5) is 0. The molecule has 0 spiro atoms. The molecule has 0 aliphatic carbocycles. The van der Waals surface area contributed by atoms with E-state index in [1.165, 1.54) is 5.56 Å². The van der Waals surface area contributed by atoms with Gasteiger partial charge in [0.05, 0.1) is 27.4 Å². The molecule has 18 heavy (non-hydrogen) atoms. The van der Waals surface area contributed by atoms with E-state index in [2.05, 4.69) is 0 Å². The van der Waals surface area contributed by atoms with Crippen LogP contribution in [-0.4, -0.2) is 34.0 Å². The second kappa shape index (κ2) is 6.07. The van der Waals surface area contributed by atoms with Crippen molar-refractivity contribution in [2.75, 3.05) is 34.0 Å². The van der Waals surface area contributed by atoms with Crippen molar-refractivity contribution in [3.63, 3.8) is 0 Å². The van der Waals surface area contributed by atoms with Gasteiger partial charge in [-0.15, -0.1) is 0 Å². The average Bonchev–Trinajstić information content (AvgIpc) is 2.37. The Hall–Kier alpha value is -1.26. The molecular weight excluding hydrogens is 230 g/mol. The standard InChI is InChI=1S/C14H21NO3/c1-16-13-4-11(5-14(6-13)17-2)12(7-15)3-10-8-18-9-10/h4-6,10,12H,3,7-9,15H2,1-2H3. The summed E-state index contributed by atoms with van der Waals surface area (Å²) in [5.74, 6) is 2.60. The van der Waals surface area contributed by atoms with Crippen LogP contribution in [0.4, 0.5) is 0 Å². The minimum absolute atomic E-state index is 0.336. The number of benzene rings is 1. The van der Waals surface area contributed by atoms with Crippen molar-refractivity contribution in [1.82, 2.24) is 0 Å². The van der Waals surface area contributed by atoms with Gasteiger partial charge in [0.25, 0.3) is 0 Å². The SMILES string of the molecule is COc1cc(OC)cc(C(CN)CC2COC2)c1. The molecule has 1 aromatic rings. The topological polar surface area (TPSA) is 53.7 Å².